The van der Waals surface area contributed by atoms with Gasteiger partial charge >= 0.3 is 5.97 Å². The van der Waals surface area contributed by atoms with Crippen molar-refractivity contribution < 1.29 is 14.7 Å². The van der Waals surface area contributed by atoms with E-state index in [1.54, 1.807) is 6.92 Å². The van der Waals surface area contributed by atoms with E-state index in [0.29, 0.717) is 12.8 Å². The summed E-state index contributed by atoms with van der Waals surface area (Å²) >= 11 is 0. The second-order valence-corrected chi connectivity index (χ2v) is 5.16. The number of carboxylic acids is 1. The summed E-state index contributed by atoms with van der Waals surface area (Å²) in [4.78, 5) is 22.9. The lowest BCUT2D eigenvalue weighted by Gasteiger charge is -2.26. The first kappa shape index (κ1) is 15.9. The number of carboxylic acid groups (broad SMARTS) is 1. The van der Waals surface area contributed by atoms with Gasteiger partial charge in [0.2, 0.25) is 5.91 Å². The number of carbonyl (C=O) groups is 2. The van der Waals surface area contributed by atoms with E-state index in [4.69, 9.17) is 10.8 Å². The number of carbonyl (C=O) groups excluding carboxylic acids is 1. The molecule has 4 N–H and O–H groups in total. The third kappa shape index (κ3) is 5.68. The number of rotatable bonds is 7. The first-order chi connectivity index (χ1) is 7.70. The number of nitrogens with two attached hydrogens (primary N) is 1. The second-order valence-electron chi connectivity index (χ2n) is 5.16. The van der Waals surface area contributed by atoms with Crippen molar-refractivity contribution in [2.45, 2.75) is 58.5 Å². The first-order valence-corrected chi connectivity index (χ1v) is 6.03. The van der Waals surface area contributed by atoms with Gasteiger partial charge in [0.1, 0.15) is 6.04 Å². The minimum Gasteiger partial charge on any atom is -0.480 e. The molecule has 0 aromatic heterocycles. The lowest BCUT2D eigenvalue weighted by molar-refractivity contribution is -0.143. The van der Waals surface area contributed by atoms with Crippen LogP contribution in [-0.2, 0) is 9.59 Å². The molecule has 0 heterocycles. The largest absolute Gasteiger partial charge is 0.480 e. The number of aliphatic carboxylic acids is 1. The van der Waals surface area contributed by atoms with Gasteiger partial charge in [-0.25, -0.2) is 4.79 Å². The van der Waals surface area contributed by atoms with Crippen LogP contribution in [0, 0.1) is 5.92 Å². The van der Waals surface area contributed by atoms with Gasteiger partial charge in [0.15, 0.2) is 0 Å². The summed E-state index contributed by atoms with van der Waals surface area (Å²) in [6.07, 6.45) is 1.72. The van der Waals surface area contributed by atoms with E-state index in [2.05, 4.69) is 5.32 Å². The zero-order chi connectivity index (χ0) is 13.6. The second kappa shape index (κ2) is 6.59. The Kier molecular flexibility index (Phi) is 6.16. The minimum atomic E-state index is -1.01. The molecule has 0 bridgehead atoms. The zero-order valence-corrected chi connectivity index (χ0v) is 11.1. The van der Waals surface area contributed by atoms with E-state index in [0.717, 1.165) is 6.42 Å². The van der Waals surface area contributed by atoms with Gasteiger partial charge in [-0.05, 0) is 25.7 Å². The summed E-state index contributed by atoms with van der Waals surface area (Å²) in [5.41, 5.74) is 4.84. The van der Waals surface area contributed by atoms with Crippen LogP contribution >= 0.6 is 0 Å². The van der Waals surface area contributed by atoms with Gasteiger partial charge in [-0.15, -0.1) is 0 Å². The highest BCUT2D eigenvalue weighted by Crippen LogP contribution is 2.11. The maximum atomic E-state index is 11.9. The summed E-state index contributed by atoms with van der Waals surface area (Å²) in [6, 6.07) is -0.859. The molecule has 1 amide bonds. The SMILES string of the molecule is CCCC(C)(N)C(=O)N[C@H](CC(C)C)C(=O)O. The monoisotopic (exact) mass is 244 g/mol. The maximum Gasteiger partial charge on any atom is 0.326 e. The lowest BCUT2D eigenvalue weighted by atomic mass is 9.95. The van der Waals surface area contributed by atoms with E-state index in [1.807, 2.05) is 20.8 Å². The molecule has 0 rings (SSSR count). The molecule has 2 atom stereocenters. The Hall–Kier alpha value is -1.10. The van der Waals surface area contributed by atoms with Crippen LogP contribution < -0.4 is 11.1 Å². The van der Waals surface area contributed by atoms with E-state index >= 15 is 0 Å². The Morgan fingerprint density at radius 1 is 1.41 bits per heavy atom. The predicted octanol–water partition coefficient (Wildman–Crippen LogP) is 1.12. The fourth-order valence-electron chi connectivity index (χ4n) is 1.65. The molecule has 0 aromatic rings. The molecular weight excluding hydrogens is 220 g/mol. The normalized spacial score (nSPS) is 16.4. The molecular formula is C12H24N2O3. The quantitative estimate of drug-likeness (QED) is 0.625. The van der Waals surface area contributed by atoms with Crippen molar-refractivity contribution >= 4 is 11.9 Å². The van der Waals surface area contributed by atoms with Gasteiger partial charge in [0.05, 0.1) is 5.54 Å². The van der Waals surface area contributed by atoms with E-state index in [9.17, 15) is 9.59 Å². The molecule has 0 saturated carbocycles. The van der Waals surface area contributed by atoms with Crippen LogP contribution in [-0.4, -0.2) is 28.6 Å². The topological polar surface area (TPSA) is 92.4 Å². The van der Waals surface area contributed by atoms with Crippen LogP contribution in [0.25, 0.3) is 0 Å². The third-order valence-corrected chi connectivity index (χ3v) is 2.60. The Morgan fingerprint density at radius 3 is 2.29 bits per heavy atom. The van der Waals surface area contributed by atoms with Gasteiger partial charge in [-0.3, -0.25) is 4.79 Å². The smallest absolute Gasteiger partial charge is 0.326 e. The third-order valence-electron chi connectivity index (χ3n) is 2.60. The molecule has 0 spiro atoms. The summed E-state index contributed by atoms with van der Waals surface area (Å²) < 4.78 is 0. The molecule has 0 aliphatic heterocycles. The molecule has 0 fully saturated rings. The Balaban J connectivity index is 4.55. The molecule has 5 heteroatoms. The molecule has 100 valence electrons. The van der Waals surface area contributed by atoms with Crippen molar-refractivity contribution in [1.29, 1.82) is 0 Å². The standard InChI is InChI=1S/C12H24N2O3/c1-5-6-12(4,13)11(17)14-9(10(15)16)7-8(2)3/h8-9H,5-7,13H2,1-4H3,(H,14,17)(H,15,16)/t9-,12?/m1/s1. The predicted molar refractivity (Wildman–Crippen MR) is 66.5 cm³/mol. The molecule has 0 aliphatic carbocycles. The Morgan fingerprint density at radius 2 is 1.94 bits per heavy atom. The van der Waals surface area contributed by atoms with Crippen molar-refractivity contribution in [2.75, 3.05) is 0 Å². The molecule has 0 aliphatic rings. The van der Waals surface area contributed by atoms with Crippen molar-refractivity contribution in [2.24, 2.45) is 11.7 Å². The van der Waals surface area contributed by atoms with E-state index in [-0.39, 0.29) is 5.92 Å². The van der Waals surface area contributed by atoms with Crippen molar-refractivity contribution in [3.63, 3.8) is 0 Å². The first-order valence-electron chi connectivity index (χ1n) is 6.03. The highest BCUT2D eigenvalue weighted by atomic mass is 16.4. The fourth-order valence-corrected chi connectivity index (χ4v) is 1.65. The van der Waals surface area contributed by atoms with E-state index in [1.165, 1.54) is 0 Å². The molecule has 0 aromatic carbocycles. The zero-order valence-electron chi connectivity index (χ0n) is 11.1. The Labute approximate surface area is 103 Å². The van der Waals surface area contributed by atoms with Crippen LogP contribution in [0.4, 0.5) is 0 Å². The summed E-state index contributed by atoms with van der Waals surface area (Å²) in [5.74, 6) is -1.21. The molecule has 17 heavy (non-hydrogen) atoms. The summed E-state index contributed by atoms with van der Waals surface area (Å²) in [6.45, 7) is 7.38. The van der Waals surface area contributed by atoms with Crippen LogP contribution in [0.1, 0.15) is 47.0 Å². The highest BCUT2D eigenvalue weighted by molar-refractivity contribution is 5.89. The van der Waals surface area contributed by atoms with Crippen LogP contribution in [0.15, 0.2) is 0 Å². The molecule has 0 radical (unpaired) electrons. The van der Waals surface area contributed by atoms with E-state index < -0.39 is 23.5 Å². The van der Waals surface area contributed by atoms with Gasteiger partial charge in [0.25, 0.3) is 0 Å². The van der Waals surface area contributed by atoms with Crippen molar-refractivity contribution in [3.05, 3.63) is 0 Å². The van der Waals surface area contributed by atoms with Crippen molar-refractivity contribution in [1.82, 2.24) is 5.32 Å². The van der Waals surface area contributed by atoms with Gasteiger partial charge in [-0.1, -0.05) is 27.2 Å². The van der Waals surface area contributed by atoms with Crippen LogP contribution in [0.2, 0.25) is 0 Å². The number of hydrogen-bond acceptors (Lipinski definition) is 3. The van der Waals surface area contributed by atoms with Gasteiger partial charge in [0, 0.05) is 0 Å². The van der Waals surface area contributed by atoms with Gasteiger partial charge in [-0.2, -0.15) is 0 Å². The minimum absolute atomic E-state index is 0.201. The fraction of sp³-hybridized carbons (Fsp3) is 0.833. The summed E-state index contributed by atoms with van der Waals surface area (Å²) in [5, 5.41) is 11.5. The van der Waals surface area contributed by atoms with Crippen molar-refractivity contribution in [3.8, 4) is 0 Å². The average molecular weight is 244 g/mol. The number of amides is 1. The molecule has 0 saturated heterocycles. The maximum absolute atomic E-state index is 11.9. The average Bonchev–Trinajstić information content (AvgIpc) is 2.15. The van der Waals surface area contributed by atoms with Gasteiger partial charge < -0.3 is 16.2 Å². The number of nitrogens with one attached hydrogen (secondary N) is 1. The highest BCUT2D eigenvalue weighted by Gasteiger charge is 2.31. The lowest BCUT2D eigenvalue weighted by Crippen LogP contribution is -2.55. The summed E-state index contributed by atoms with van der Waals surface area (Å²) in [7, 11) is 0. The van der Waals surface area contributed by atoms with Crippen LogP contribution in [0.5, 0.6) is 0 Å². The number of hydrogen-bond donors (Lipinski definition) is 3. The molecule has 5 nitrogen and oxygen atoms in total. The molecule has 1 unspecified atom stereocenters. The Bertz CT molecular complexity index is 275. The van der Waals surface area contributed by atoms with Crippen LogP contribution in [0.3, 0.4) is 0 Å².